The molecule has 1 fully saturated rings. The SMILES string of the molecule is CCc1cc(=O)[nH]c([C@H]2CCCN(Cc3c(OC)cccc3OC)C2)n1. The number of hydrogen-bond acceptors (Lipinski definition) is 5. The number of piperidine rings is 1. The van der Waals surface area contributed by atoms with Crippen molar-refractivity contribution < 1.29 is 9.47 Å². The molecule has 26 heavy (non-hydrogen) atoms. The van der Waals surface area contributed by atoms with Crippen LogP contribution in [0.1, 0.15) is 42.8 Å². The van der Waals surface area contributed by atoms with Crippen molar-refractivity contribution >= 4 is 0 Å². The second kappa shape index (κ2) is 8.36. The maximum atomic E-state index is 11.9. The minimum Gasteiger partial charge on any atom is -0.496 e. The molecule has 1 aromatic carbocycles. The molecule has 0 unspecified atom stereocenters. The van der Waals surface area contributed by atoms with Crippen LogP contribution in [0.5, 0.6) is 11.5 Å². The maximum Gasteiger partial charge on any atom is 0.251 e. The van der Waals surface area contributed by atoms with Gasteiger partial charge in [-0.25, -0.2) is 4.98 Å². The van der Waals surface area contributed by atoms with Crippen molar-refractivity contribution in [3.05, 3.63) is 51.7 Å². The van der Waals surface area contributed by atoms with E-state index in [0.717, 1.165) is 67.5 Å². The van der Waals surface area contributed by atoms with E-state index in [0.29, 0.717) is 0 Å². The predicted molar refractivity (Wildman–Crippen MR) is 101 cm³/mol. The molecule has 3 rings (SSSR count). The smallest absolute Gasteiger partial charge is 0.251 e. The summed E-state index contributed by atoms with van der Waals surface area (Å²) in [6.07, 6.45) is 2.88. The molecular formula is C20H27N3O3. The fourth-order valence-electron chi connectivity index (χ4n) is 3.63. The average molecular weight is 357 g/mol. The number of methoxy groups -OCH3 is 2. The topological polar surface area (TPSA) is 67.5 Å². The molecule has 0 aliphatic carbocycles. The van der Waals surface area contributed by atoms with Crippen LogP contribution in [0.4, 0.5) is 0 Å². The standard InChI is InChI=1S/C20H27N3O3/c1-4-15-11-19(24)22-20(21-15)14-7-6-10-23(12-14)13-16-17(25-2)8-5-9-18(16)26-3/h5,8-9,11,14H,4,6-7,10,12-13H2,1-3H3,(H,21,22,24)/t14-/m0/s1. The molecule has 0 saturated carbocycles. The third kappa shape index (κ3) is 4.07. The molecule has 0 radical (unpaired) electrons. The molecule has 2 aromatic rings. The van der Waals surface area contributed by atoms with Gasteiger partial charge in [-0.05, 0) is 37.9 Å². The third-order valence-corrected chi connectivity index (χ3v) is 4.98. The molecule has 0 spiro atoms. The van der Waals surface area contributed by atoms with Crippen LogP contribution in [0.25, 0.3) is 0 Å². The number of rotatable bonds is 6. The Morgan fingerprint density at radius 2 is 2.00 bits per heavy atom. The number of aromatic amines is 1. The van der Waals surface area contributed by atoms with Gasteiger partial charge in [0.1, 0.15) is 17.3 Å². The Morgan fingerprint density at radius 3 is 2.65 bits per heavy atom. The van der Waals surface area contributed by atoms with E-state index in [1.165, 1.54) is 0 Å². The van der Waals surface area contributed by atoms with Crippen molar-refractivity contribution in [2.75, 3.05) is 27.3 Å². The normalized spacial score (nSPS) is 17.9. The lowest BCUT2D eigenvalue weighted by Crippen LogP contribution is -2.35. The van der Waals surface area contributed by atoms with Gasteiger partial charge >= 0.3 is 0 Å². The molecule has 1 N–H and O–H groups in total. The van der Waals surface area contributed by atoms with Crippen LogP contribution in [0.3, 0.4) is 0 Å². The summed E-state index contributed by atoms with van der Waals surface area (Å²) in [5, 5.41) is 0. The van der Waals surface area contributed by atoms with Crippen molar-refractivity contribution in [2.45, 2.75) is 38.6 Å². The summed E-state index contributed by atoms with van der Waals surface area (Å²) in [4.78, 5) is 21.9. The van der Waals surface area contributed by atoms with E-state index in [1.54, 1.807) is 20.3 Å². The van der Waals surface area contributed by atoms with E-state index < -0.39 is 0 Å². The van der Waals surface area contributed by atoms with Gasteiger partial charge in [-0.1, -0.05) is 13.0 Å². The Morgan fingerprint density at radius 1 is 1.27 bits per heavy atom. The highest BCUT2D eigenvalue weighted by atomic mass is 16.5. The van der Waals surface area contributed by atoms with Gasteiger partial charge in [0.2, 0.25) is 0 Å². The first kappa shape index (κ1) is 18.5. The molecule has 0 bridgehead atoms. The Hall–Kier alpha value is -2.34. The van der Waals surface area contributed by atoms with E-state index in [2.05, 4.69) is 14.9 Å². The van der Waals surface area contributed by atoms with Gasteiger partial charge in [-0.2, -0.15) is 0 Å². The molecule has 1 aliphatic heterocycles. The van der Waals surface area contributed by atoms with Gasteiger partial charge in [0, 0.05) is 30.8 Å². The van der Waals surface area contributed by atoms with Crippen LogP contribution in [-0.2, 0) is 13.0 Å². The van der Waals surface area contributed by atoms with Gasteiger partial charge in [-0.3, -0.25) is 9.69 Å². The van der Waals surface area contributed by atoms with Crippen LogP contribution in [-0.4, -0.2) is 42.2 Å². The highest BCUT2D eigenvalue weighted by molar-refractivity contribution is 5.44. The van der Waals surface area contributed by atoms with E-state index >= 15 is 0 Å². The Labute approximate surface area is 154 Å². The minimum atomic E-state index is -0.0598. The second-order valence-electron chi connectivity index (χ2n) is 6.69. The largest absolute Gasteiger partial charge is 0.496 e. The molecule has 140 valence electrons. The molecule has 1 atom stereocenters. The Balaban J connectivity index is 1.80. The number of benzene rings is 1. The number of nitrogens with one attached hydrogen (secondary N) is 1. The summed E-state index contributed by atoms with van der Waals surface area (Å²) < 4.78 is 11.0. The zero-order chi connectivity index (χ0) is 18.5. The van der Waals surface area contributed by atoms with E-state index in [4.69, 9.17) is 9.47 Å². The monoisotopic (exact) mass is 357 g/mol. The number of likely N-dealkylation sites (tertiary alicyclic amines) is 1. The lowest BCUT2D eigenvalue weighted by atomic mass is 9.96. The fourth-order valence-corrected chi connectivity index (χ4v) is 3.63. The molecule has 6 nitrogen and oxygen atoms in total. The molecule has 1 aromatic heterocycles. The number of aryl methyl sites for hydroxylation is 1. The predicted octanol–water partition coefficient (Wildman–Crippen LogP) is 2.73. The fraction of sp³-hybridized carbons (Fsp3) is 0.500. The van der Waals surface area contributed by atoms with Crippen LogP contribution < -0.4 is 15.0 Å². The van der Waals surface area contributed by atoms with E-state index in [-0.39, 0.29) is 11.5 Å². The second-order valence-corrected chi connectivity index (χ2v) is 6.69. The van der Waals surface area contributed by atoms with Gasteiger partial charge < -0.3 is 14.5 Å². The zero-order valence-electron chi connectivity index (χ0n) is 15.7. The zero-order valence-corrected chi connectivity index (χ0v) is 15.7. The van der Waals surface area contributed by atoms with E-state index in [1.807, 2.05) is 25.1 Å². The first-order valence-corrected chi connectivity index (χ1v) is 9.17. The molecule has 0 amide bonds. The van der Waals surface area contributed by atoms with Gasteiger partial charge in [0.15, 0.2) is 0 Å². The summed E-state index contributed by atoms with van der Waals surface area (Å²) in [5.74, 6) is 2.73. The minimum absolute atomic E-state index is 0.0598. The Bertz CT molecular complexity index is 781. The van der Waals surface area contributed by atoms with Crippen molar-refractivity contribution in [3.8, 4) is 11.5 Å². The van der Waals surface area contributed by atoms with Crippen molar-refractivity contribution in [3.63, 3.8) is 0 Å². The molecule has 1 saturated heterocycles. The van der Waals surface area contributed by atoms with Gasteiger partial charge in [0.25, 0.3) is 5.56 Å². The summed E-state index contributed by atoms with van der Waals surface area (Å²) in [5.41, 5.74) is 1.85. The summed E-state index contributed by atoms with van der Waals surface area (Å²) in [7, 11) is 3.37. The first-order valence-electron chi connectivity index (χ1n) is 9.17. The van der Waals surface area contributed by atoms with Crippen LogP contribution in [0, 0.1) is 0 Å². The van der Waals surface area contributed by atoms with Gasteiger partial charge in [0.05, 0.1) is 19.8 Å². The molecular weight excluding hydrogens is 330 g/mol. The highest BCUT2D eigenvalue weighted by Crippen LogP contribution is 2.32. The number of ether oxygens (including phenoxy) is 2. The number of H-pyrrole nitrogens is 1. The number of hydrogen-bond donors (Lipinski definition) is 1. The maximum absolute atomic E-state index is 11.9. The quantitative estimate of drug-likeness (QED) is 0.861. The first-order chi connectivity index (χ1) is 12.6. The average Bonchev–Trinajstić information content (AvgIpc) is 2.67. The number of nitrogens with zero attached hydrogens (tertiary/aromatic N) is 2. The highest BCUT2D eigenvalue weighted by Gasteiger charge is 2.25. The Kier molecular flexibility index (Phi) is 5.93. The van der Waals surface area contributed by atoms with Crippen molar-refractivity contribution in [1.29, 1.82) is 0 Å². The summed E-state index contributed by atoms with van der Waals surface area (Å²) in [6.45, 7) is 4.64. The van der Waals surface area contributed by atoms with Crippen LogP contribution >= 0.6 is 0 Å². The summed E-state index contributed by atoms with van der Waals surface area (Å²) >= 11 is 0. The molecule has 6 heteroatoms. The van der Waals surface area contributed by atoms with Crippen LogP contribution in [0.15, 0.2) is 29.1 Å². The molecule has 2 heterocycles. The van der Waals surface area contributed by atoms with E-state index in [9.17, 15) is 4.79 Å². The lowest BCUT2D eigenvalue weighted by Gasteiger charge is -2.32. The van der Waals surface area contributed by atoms with Crippen molar-refractivity contribution in [2.24, 2.45) is 0 Å². The van der Waals surface area contributed by atoms with Crippen molar-refractivity contribution in [1.82, 2.24) is 14.9 Å². The van der Waals surface area contributed by atoms with Gasteiger partial charge in [-0.15, -0.1) is 0 Å². The summed E-state index contributed by atoms with van der Waals surface area (Å²) in [6, 6.07) is 7.45. The third-order valence-electron chi connectivity index (χ3n) is 4.98. The van der Waals surface area contributed by atoms with Crippen LogP contribution in [0.2, 0.25) is 0 Å². The molecule has 1 aliphatic rings. The lowest BCUT2D eigenvalue weighted by molar-refractivity contribution is 0.192. The number of aromatic nitrogens is 2.